The Balaban J connectivity index is 1.59. The van der Waals surface area contributed by atoms with Crippen molar-refractivity contribution in [1.82, 2.24) is 5.32 Å². The average molecular weight is 750 g/mol. The molecule has 0 bridgehead atoms. The molecule has 10 atom stereocenters. The zero-order chi connectivity index (χ0) is 39.9. The Morgan fingerprint density at radius 3 is 1.91 bits per heavy atom. The van der Waals surface area contributed by atoms with Gasteiger partial charge in [-0.2, -0.15) is 0 Å². The van der Waals surface area contributed by atoms with E-state index in [-0.39, 0.29) is 42.3 Å². The van der Waals surface area contributed by atoms with Gasteiger partial charge >= 0.3 is 0 Å². The van der Waals surface area contributed by atoms with Gasteiger partial charge in [-0.05, 0) is 33.1 Å². The van der Waals surface area contributed by atoms with Crippen LogP contribution in [0.4, 0.5) is 0 Å². The van der Waals surface area contributed by atoms with Crippen molar-refractivity contribution in [1.29, 1.82) is 0 Å². The van der Waals surface area contributed by atoms with Crippen LogP contribution in [-0.4, -0.2) is 98.1 Å². The Morgan fingerprint density at radius 1 is 0.741 bits per heavy atom. The van der Waals surface area contributed by atoms with Crippen molar-refractivity contribution in [2.24, 2.45) is 11.8 Å². The molecular formula is C43H59NO10. The molecule has 1 saturated heterocycles. The van der Waals surface area contributed by atoms with Gasteiger partial charge in [0, 0.05) is 30.8 Å². The summed E-state index contributed by atoms with van der Waals surface area (Å²) in [5.41, 5.74) is 0. The van der Waals surface area contributed by atoms with Crippen LogP contribution >= 0.6 is 0 Å². The highest BCUT2D eigenvalue weighted by atomic mass is 16.7. The van der Waals surface area contributed by atoms with Crippen LogP contribution in [-0.2, 0) is 23.9 Å². The Bertz CT molecular complexity index is 1450. The van der Waals surface area contributed by atoms with E-state index in [2.05, 4.69) is 5.32 Å². The Kier molecular flexibility index (Phi) is 22.1. The van der Waals surface area contributed by atoms with E-state index in [1.54, 1.807) is 37.3 Å². The van der Waals surface area contributed by atoms with E-state index in [4.69, 9.17) is 9.47 Å². The Labute approximate surface area is 319 Å². The van der Waals surface area contributed by atoms with Gasteiger partial charge in [0.2, 0.25) is 5.91 Å². The molecule has 0 spiro atoms. The van der Waals surface area contributed by atoms with Gasteiger partial charge in [0.05, 0.1) is 24.4 Å². The molecule has 11 nitrogen and oxygen atoms in total. The lowest BCUT2D eigenvalue weighted by molar-refractivity contribution is -0.302. The van der Waals surface area contributed by atoms with E-state index >= 15 is 0 Å². The lowest BCUT2D eigenvalue weighted by Crippen LogP contribution is -2.57. The molecule has 2 aliphatic rings. The van der Waals surface area contributed by atoms with Gasteiger partial charge in [-0.3, -0.25) is 14.4 Å². The standard InChI is InChI=1S/C43H59NO10/c1-30(24-20-16-12-8-5-6-11-15-19-23-27-37(48)44-38-35(46)28-29-36(38)47)39(49)32(3)34(45)26-22-18-14-10-7-9-13-17-21-25-31(2)53-43-42(52)41(51)40(50)33(4)54-43/h5-11,13-15,17-24,26-27,30-34,38-43,45,49-52H,12,16,25,28-29H2,1-4H3,(H,44,48)/b8-5?,10-7?,11-6+,13-9?,18-14?,19-15?,21-17?,24-20?,26-22?,27-23?. The zero-order valence-electron chi connectivity index (χ0n) is 31.7. The van der Waals surface area contributed by atoms with E-state index in [0.717, 1.165) is 12.8 Å². The van der Waals surface area contributed by atoms with E-state index in [1.165, 1.54) is 12.2 Å². The molecule has 0 radical (unpaired) electrons. The maximum Gasteiger partial charge on any atom is 0.244 e. The second-order valence-corrected chi connectivity index (χ2v) is 13.5. The fourth-order valence-corrected chi connectivity index (χ4v) is 5.44. The summed E-state index contributed by atoms with van der Waals surface area (Å²) in [6.45, 7) is 7.18. The third kappa shape index (κ3) is 17.4. The summed E-state index contributed by atoms with van der Waals surface area (Å²) in [4.78, 5) is 35.0. The average Bonchev–Trinajstić information content (AvgIpc) is 3.46. The Hall–Kier alpha value is -4.07. The first-order chi connectivity index (χ1) is 25.8. The van der Waals surface area contributed by atoms with Gasteiger partial charge in [0.1, 0.15) is 24.4 Å². The highest BCUT2D eigenvalue weighted by Gasteiger charge is 2.42. The number of rotatable bonds is 21. The monoisotopic (exact) mass is 749 g/mol. The summed E-state index contributed by atoms with van der Waals surface area (Å²) in [7, 11) is 0. The van der Waals surface area contributed by atoms with Gasteiger partial charge in [-0.25, -0.2) is 0 Å². The van der Waals surface area contributed by atoms with Gasteiger partial charge in [-0.1, -0.05) is 129 Å². The van der Waals surface area contributed by atoms with E-state index in [1.807, 2.05) is 99.8 Å². The van der Waals surface area contributed by atoms with Gasteiger partial charge in [0.25, 0.3) is 0 Å². The first-order valence-corrected chi connectivity index (χ1v) is 18.6. The minimum Gasteiger partial charge on any atom is -0.392 e. The third-order valence-electron chi connectivity index (χ3n) is 8.91. The molecule has 1 aliphatic heterocycles. The minimum absolute atomic E-state index is 0.131. The predicted octanol–water partition coefficient (Wildman–Crippen LogP) is 4.36. The number of carbonyl (C=O) groups excluding carboxylic acids is 3. The van der Waals surface area contributed by atoms with Crippen LogP contribution in [0, 0.1) is 11.8 Å². The molecule has 1 heterocycles. The second-order valence-electron chi connectivity index (χ2n) is 13.5. The normalized spacial score (nSPS) is 26.6. The van der Waals surface area contributed by atoms with E-state index in [0.29, 0.717) is 6.42 Å². The lowest BCUT2D eigenvalue weighted by Gasteiger charge is -2.39. The number of ketones is 2. The molecule has 1 amide bonds. The molecule has 0 aromatic carbocycles. The molecule has 10 unspecified atom stereocenters. The largest absolute Gasteiger partial charge is 0.392 e. The molecule has 6 N–H and O–H groups in total. The first-order valence-electron chi connectivity index (χ1n) is 18.6. The number of amides is 1. The molecule has 2 fully saturated rings. The first kappa shape index (κ1) is 46.1. The number of nitrogens with one attached hydrogen (secondary N) is 1. The number of carbonyl (C=O) groups is 3. The fraction of sp³-hybridized carbons (Fsp3) is 0.465. The predicted molar refractivity (Wildman–Crippen MR) is 210 cm³/mol. The van der Waals surface area contributed by atoms with Crippen LogP contribution in [0.25, 0.3) is 0 Å². The number of aliphatic hydroxyl groups is 5. The number of aliphatic hydroxyl groups excluding tert-OH is 5. The van der Waals surface area contributed by atoms with Crippen LogP contribution < -0.4 is 5.32 Å². The number of unbranched alkanes of at least 4 members (excludes halogenated alkanes) is 1. The molecule has 0 aromatic heterocycles. The molecule has 2 rings (SSSR count). The smallest absolute Gasteiger partial charge is 0.244 e. The molecule has 11 heteroatoms. The van der Waals surface area contributed by atoms with Crippen molar-refractivity contribution in [2.75, 3.05) is 0 Å². The highest BCUT2D eigenvalue weighted by molar-refractivity contribution is 6.14. The van der Waals surface area contributed by atoms with Crippen LogP contribution in [0.5, 0.6) is 0 Å². The molecule has 54 heavy (non-hydrogen) atoms. The van der Waals surface area contributed by atoms with Gasteiger partial charge in [0.15, 0.2) is 17.9 Å². The minimum atomic E-state index is -1.32. The maximum absolute atomic E-state index is 11.8. The number of ether oxygens (including phenoxy) is 2. The summed E-state index contributed by atoms with van der Waals surface area (Å²) >= 11 is 0. The van der Waals surface area contributed by atoms with Crippen LogP contribution in [0.2, 0.25) is 0 Å². The summed E-state index contributed by atoms with van der Waals surface area (Å²) in [5.74, 6) is -1.47. The molecular weight excluding hydrogens is 690 g/mol. The number of hydrogen-bond acceptors (Lipinski definition) is 10. The zero-order valence-corrected chi connectivity index (χ0v) is 31.7. The van der Waals surface area contributed by atoms with Crippen molar-refractivity contribution in [3.8, 4) is 0 Å². The quantitative estimate of drug-likeness (QED) is 0.0324. The molecule has 1 saturated carbocycles. The van der Waals surface area contributed by atoms with Crippen molar-refractivity contribution >= 4 is 17.5 Å². The summed E-state index contributed by atoms with van der Waals surface area (Å²) in [6.07, 6.45) is 31.4. The van der Waals surface area contributed by atoms with E-state index < -0.39 is 54.9 Å². The van der Waals surface area contributed by atoms with Crippen LogP contribution in [0.3, 0.4) is 0 Å². The second kappa shape index (κ2) is 25.9. The molecule has 296 valence electrons. The fourth-order valence-electron chi connectivity index (χ4n) is 5.44. The van der Waals surface area contributed by atoms with Crippen molar-refractivity contribution in [3.63, 3.8) is 0 Å². The van der Waals surface area contributed by atoms with Crippen LogP contribution in [0.1, 0.15) is 59.8 Å². The van der Waals surface area contributed by atoms with Gasteiger partial charge < -0.3 is 40.3 Å². The summed E-state index contributed by atoms with van der Waals surface area (Å²) in [6, 6.07) is -1.01. The van der Waals surface area contributed by atoms with Crippen molar-refractivity contribution < 1.29 is 49.4 Å². The molecule has 0 aromatic rings. The lowest BCUT2D eigenvalue weighted by atomic mass is 9.88. The van der Waals surface area contributed by atoms with Gasteiger partial charge in [-0.15, -0.1) is 0 Å². The SMILES string of the molecule is CC(CC=CC=CC=CC=CC=CC(O)C(C)C(O)C(C)C=CCCC=C/C=C/C=CC=CC(=O)NC1C(=O)CCC1=O)OC1OC(C)C(O)C(O)C1O. The highest BCUT2D eigenvalue weighted by Crippen LogP contribution is 2.23. The van der Waals surface area contributed by atoms with Crippen LogP contribution in [0.15, 0.2) is 122 Å². The van der Waals surface area contributed by atoms with E-state index in [9.17, 15) is 39.9 Å². The van der Waals surface area contributed by atoms with Crippen molar-refractivity contribution in [2.45, 2.75) is 115 Å². The van der Waals surface area contributed by atoms with Crippen molar-refractivity contribution in [3.05, 3.63) is 122 Å². The number of Topliss-reactive ketones (excluding diaryl/α,β-unsaturated/α-hetero) is 2. The number of hydrogen-bond donors (Lipinski definition) is 6. The molecule has 1 aliphatic carbocycles. The maximum atomic E-state index is 11.8. The third-order valence-corrected chi connectivity index (χ3v) is 8.91. The summed E-state index contributed by atoms with van der Waals surface area (Å²) < 4.78 is 11.1. The topological polar surface area (TPSA) is 183 Å². The Morgan fingerprint density at radius 2 is 1.28 bits per heavy atom. The number of allylic oxidation sites excluding steroid dienone is 16. The summed E-state index contributed by atoms with van der Waals surface area (Å²) in [5, 5.41) is 53.5.